The fourth-order valence-corrected chi connectivity index (χ4v) is 5.91. The van der Waals surface area contributed by atoms with Gasteiger partial charge in [0.2, 0.25) is 0 Å². The summed E-state index contributed by atoms with van der Waals surface area (Å²) in [4.78, 5) is 16.2. The Hall–Kier alpha value is -2.83. The number of nitrogens with one attached hydrogen (secondary N) is 2. The van der Waals surface area contributed by atoms with Gasteiger partial charge in [0.05, 0.1) is 12.7 Å². The van der Waals surface area contributed by atoms with E-state index >= 15 is 0 Å². The van der Waals surface area contributed by atoms with Crippen molar-refractivity contribution in [3.63, 3.8) is 0 Å². The second-order valence-electron chi connectivity index (χ2n) is 10.3. The topological polar surface area (TPSA) is 77.6 Å². The van der Waals surface area contributed by atoms with Crippen molar-refractivity contribution < 1.29 is 14.6 Å². The molecule has 0 spiro atoms. The molecular formula is C28H35N3O3. The van der Waals surface area contributed by atoms with Gasteiger partial charge in [0, 0.05) is 40.8 Å². The summed E-state index contributed by atoms with van der Waals surface area (Å²) in [5, 5.41) is 13.7. The van der Waals surface area contributed by atoms with Crippen LogP contribution in [0, 0.1) is 12.8 Å². The fraction of sp³-hybridized carbons (Fsp3) is 0.464. The van der Waals surface area contributed by atoms with Gasteiger partial charge in [0.1, 0.15) is 5.75 Å². The lowest BCUT2D eigenvalue weighted by atomic mass is 9.49. The number of rotatable bonds is 6. The number of piperidine rings is 1. The summed E-state index contributed by atoms with van der Waals surface area (Å²) in [7, 11) is 1.79. The number of aromatic amines is 1. The van der Waals surface area contributed by atoms with Crippen molar-refractivity contribution in [1.29, 1.82) is 0 Å². The second-order valence-corrected chi connectivity index (χ2v) is 10.3. The molecule has 6 nitrogen and oxygen atoms in total. The molecule has 0 unspecified atom stereocenters. The molecule has 1 aliphatic heterocycles. The van der Waals surface area contributed by atoms with Gasteiger partial charge < -0.3 is 20.1 Å². The number of fused-ring (bicyclic) bond motifs is 1. The first kappa shape index (κ1) is 22.9. The fourth-order valence-electron chi connectivity index (χ4n) is 5.91. The molecule has 34 heavy (non-hydrogen) atoms. The normalized spacial score (nSPS) is 24.0. The molecule has 1 aromatic heterocycles. The van der Waals surface area contributed by atoms with Gasteiger partial charge in [-0.2, -0.15) is 0 Å². The first-order valence-corrected chi connectivity index (χ1v) is 12.4. The summed E-state index contributed by atoms with van der Waals surface area (Å²) >= 11 is 0. The van der Waals surface area contributed by atoms with Crippen molar-refractivity contribution in [2.75, 3.05) is 20.2 Å². The number of hydrogen-bond acceptors (Lipinski definition) is 4. The summed E-state index contributed by atoms with van der Waals surface area (Å²) in [5.74, 6) is 1.21. The first-order chi connectivity index (χ1) is 16.5. The summed E-state index contributed by atoms with van der Waals surface area (Å²) in [6, 6.07) is 13.4. The Balaban J connectivity index is 0.000000227. The molecule has 0 atom stereocenters. The van der Waals surface area contributed by atoms with Gasteiger partial charge in [-0.05, 0) is 87.9 Å². The molecule has 0 amide bonds. The van der Waals surface area contributed by atoms with Crippen LogP contribution in [-0.4, -0.2) is 52.7 Å². The molecule has 3 aromatic rings. The Bertz CT molecular complexity index is 1130. The number of carbonyl (C=O) groups is 1. The van der Waals surface area contributed by atoms with Crippen LogP contribution in [0.2, 0.25) is 0 Å². The highest BCUT2D eigenvalue weighted by molar-refractivity contribution is 5.88. The smallest absolute Gasteiger partial charge is 0.335 e. The molecule has 6 heteroatoms. The van der Waals surface area contributed by atoms with Gasteiger partial charge in [-0.1, -0.05) is 18.2 Å². The standard InChI is InChI=1S/C21H29N3O.C7H6O2/c1-14-9-19(25-2)18(17-3-6-22-20(14)17)13-24-7-4-16(5-8-24)23-21-10-15(11-21)12-21;8-7(9)6-4-2-1-3-5-6/h3,6,9,15-16,22-23H,4-5,7-8,10-13H2,1-2H3;1-5H,(H,8,9). The van der Waals surface area contributed by atoms with E-state index in [0.717, 1.165) is 24.3 Å². The van der Waals surface area contributed by atoms with E-state index in [1.807, 2.05) is 6.20 Å². The van der Waals surface area contributed by atoms with Crippen LogP contribution in [0.25, 0.3) is 10.9 Å². The summed E-state index contributed by atoms with van der Waals surface area (Å²) < 4.78 is 5.71. The van der Waals surface area contributed by atoms with E-state index in [0.29, 0.717) is 11.1 Å². The number of ether oxygens (including phenoxy) is 1. The van der Waals surface area contributed by atoms with E-state index in [1.165, 1.54) is 67.2 Å². The largest absolute Gasteiger partial charge is 0.496 e. The monoisotopic (exact) mass is 461 g/mol. The molecule has 3 N–H and O–H groups in total. The van der Waals surface area contributed by atoms with Crippen molar-refractivity contribution in [2.24, 2.45) is 5.92 Å². The van der Waals surface area contributed by atoms with Gasteiger partial charge in [-0.15, -0.1) is 0 Å². The average molecular weight is 462 g/mol. The molecule has 4 fully saturated rings. The minimum Gasteiger partial charge on any atom is -0.496 e. The number of aromatic nitrogens is 1. The maximum atomic E-state index is 10.2. The van der Waals surface area contributed by atoms with E-state index in [2.05, 4.69) is 34.3 Å². The Morgan fingerprint density at radius 1 is 1.18 bits per heavy atom. The van der Waals surface area contributed by atoms with E-state index < -0.39 is 5.97 Å². The zero-order valence-corrected chi connectivity index (χ0v) is 20.1. The number of carboxylic acids is 1. The van der Waals surface area contributed by atoms with Crippen LogP contribution < -0.4 is 10.1 Å². The highest BCUT2D eigenvalue weighted by atomic mass is 16.5. The van der Waals surface area contributed by atoms with Crippen molar-refractivity contribution >= 4 is 16.9 Å². The number of nitrogens with zero attached hydrogens (tertiary/aromatic N) is 1. The number of likely N-dealkylation sites (tertiary alicyclic amines) is 1. The highest BCUT2D eigenvalue weighted by Crippen LogP contribution is 2.57. The Labute approximate surface area is 201 Å². The van der Waals surface area contributed by atoms with Crippen LogP contribution in [-0.2, 0) is 6.54 Å². The molecule has 2 bridgehead atoms. The van der Waals surface area contributed by atoms with E-state index in [1.54, 1.807) is 37.4 Å². The van der Waals surface area contributed by atoms with Crippen molar-refractivity contribution in [3.05, 3.63) is 65.4 Å². The van der Waals surface area contributed by atoms with Crippen LogP contribution in [0.4, 0.5) is 0 Å². The summed E-state index contributed by atoms with van der Waals surface area (Å²) in [6.45, 7) is 5.49. The van der Waals surface area contributed by atoms with Crippen molar-refractivity contribution in [2.45, 2.75) is 57.2 Å². The third kappa shape index (κ3) is 4.57. The summed E-state index contributed by atoms with van der Waals surface area (Å²) in [5.41, 5.74) is 4.72. The third-order valence-electron chi connectivity index (χ3n) is 7.87. The molecule has 3 aliphatic carbocycles. The van der Waals surface area contributed by atoms with Crippen LogP contribution in [0.5, 0.6) is 5.75 Å². The molecular weight excluding hydrogens is 426 g/mol. The van der Waals surface area contributed by atoms with E-state index in [-0.39, 0.29) is 0 Å². The van der Waals surface area contributed by atoms with Crippen LogP contribution in [0.1, 0.15) is 53.6 Å². The van der Waals surface area contributed by atoms with Crippen LogP contribution in [0.15, 0.2) is 48.7 Å². The minimum atomic E-state index is -0.879. The first-order valence-electron chi connectivity index (χ1n) is 12.4. The maximum Gasteiger partial charge on any atom is 0.335 e. The predicted octanol–water partition coefficient (Wildman–Crippen LogP) is 4.98. The Morgan fingerprint density at radius 3 is 2.44 bits per heavy atom. The minimum absolute atomic E-state index is 0.331. The number of aromatic carboxylic acids is 1. The lowest BCUT2D eigenvalue weighted by Gasteiger charge is -2.63. The molecule has 0 radical (unpaired) electrons. The van der Waals surface area contributed by atoms with Crippen molar-refractivity contribution in [3.8, 4) is 5.75 Å². The van der Waals surface area contributed by atoms with Gasteiger partial charge in [0.15, 0.2) is 0 Å². The molecule has 4 aliphatic rings. The summed E-state index contributed by atoms with van der Waals surface area (Å²) in [6.07, 6.45) is 8.92. The molecule has 2 heterocycles. The lowest BCUT2D eigenvalue weighted by molar-refractivity contribution is -0.0635. The van der Waals surface area contributed by atoms with Gasteiger partial charge in [-0.25, -0.2) is 4.79 Å². The van der Waals surface area contributed by atoms with E-state index in [4.69, 9.17) is 9.84 Å². The quantitative estimate of drug-likeness (QED) is 0.483. The predicted molar refractivity (Wildman–Crippen MR) is 134 cm³/mol. The molecule has 3 saturated carbocycles. The SMILES string of the molecule is COc1cc(C)c2[nH]ccc2c1CN1CCC(NC23CC(C2)C3)CC1.O=C(O)c1ccccc1. The van der Waals surface area contributed by atoms with E-state index in [9.17, 15) is 4.79 Å². The number of hydrogen-bond donors (Lipinski definition) is 3. The number of benzene rings is 2. The molecule has 7 rings (SSSR count). The average Bonchev–Trinajstić information content (AvgIpc) is 3.30. The number of aryl methyl sites for hydroxylation is 1. The highest BCUT2D eigenvalue weighted by Gasteiger charge is 2.56. The molecule has 2 aromatic carbocycles. The second kappa shape index (κ2) is 9.43. The number of carboxylic acid groups (broad SMARTS) is 1. The zero-order valence-electron chi connectivity index (χ0n) is 20.1. The third-order valence-corrected chi connectivity index (χ3v) is 7.87. The number of methoxy groups -OCH3 is 1. The van der Waals surface area contributed by atoms with Gasteiger partial charge >= 0.3 is 5.97 Å². The van der Waals surface area contributed by atoms with Gasteiger partial charge in [-0.3, -0.25) is 4.90 Å². The maximum absolute atomic E-state index is 10.2. The number of H-pyrrole nitrogens is 1. The molecule has 1 saturated heterocycles. The van der Waals surface area contributed by atoms with Crippen molar-refractivity contribution in [1.82, 2.24) is 15.2 Å². The Morgan fingerprint density at radius 2 is 1.88 bits per heavy atom. The van der Waals surface area contributed by atoms with Gasteiger partial charge in [0.25, 0.3) is 0 Å². The van der Waals surface area contributed by atoms with Crippen LogP contribution in [0.3, 0.4) is 0 Å². The Kier molecular flexibility index (Phi) is 6.36. The lowest BCUT2D eigenvalue weighted by Crippen LogP contribution is -2.69. The zero-order chi connectivity index (χ0) is 23.7. The molecule has 180 valence electrons. The van der Waals surface area contributed by atoms with Crippen LogP contribution >= 0.6 is 0 Å².